The van der Waals surface area contributed by atoms with Crippen LogP contribution in [0.5, 0.6) is 0 Å². The van der Waals surface area contributed by atoms with E-state index in [0.717, 1.165) is 25.8 Å². The average Bonchev–Trinajstić information content (AvgIpc) is 2.54. The number of carbonyl (C=O) groups is 1. The van der Waals surface area contributed by atoms with Gasteiger partial charge in [0, 0.05) is 23.5 Å². The second-order valence-corrected chi connectivity index (χ2v) is 7.31. The summed E-state index contributed by atoms with van der Waals surface area (Å²) >= 11 is 1.94. The summed E-state index contributed by atoms with van der Waals surface area (Å²) in [5.41, 5.74) is 2.44. The maximum absolute atomic E-state index is 12.5. The molecule has 21 heavy (non-hydrogen) atoms. The molecule has 3 unspecified atom stereocenters. The summed E-state index contributed by atoms with van der Waals surface area (Å²) in [6.45, 7) is 0.752. The molecule has 1 saturated carbocycles. The Morgan fingerprint density at radius 1 is 1.33 bits per heavy atom. The first-order chi connectivity index (χ1) is 10.3. The van der Waals surface area contributed by atoms with Crippen LogP contribution in [-0.2, 0) is 11.2 Å². The van der Waals surface area contributed by atoms with Gasteiger partial charge in [0.2, 0.25) is 5.91 Å². The van der Waals surface area contributed by atoms with Crippen LogP contribution in [0.4, 0.5) is 5.69 Å². The third-order valence-corrected chi connectivity index (χ3v) is 5.79. The van der Waals surface area contributed by atoms with E-state index in [2.05, 4.69) is 29.0 Å². The summed E-state index contributed by atoms with van der Waals surface area (Å²) in [7, 11) is 0. The van der Waals surface area contributed by atoms with E-state index in [1.54, 1.807) is 0 Å². The Hall–Kier alpha value is -1.16. The first-order valence-corrected chi connectivity index (χ1v) is 9.20. The van der Waals surface area contributed by atoms with Crippen LogP contribution < -0.4 is 10.6 Å². The van der Waals surface area contributed by atoms with Gasteiger partial charge in [-0.15, -0.1) is 0 Å². The summed E-state index contributed by atoms with van der Waals surface area (Å²) in [6.07, 6.45) is 7.84. The van der Waals surface area contributed by atoms with Crippen molar-refractivity contribution in [3.05, 3.63) is 29.8 Å². The molecule has 3 atom stereocenters. The number of carbonyl (C=O) groups excluding carboxylic acids is 1. The lowest BCUT2D eigenvalue weighted by atomic mass is 9.91. The molecule has 114 valence electrons. The number of fused-ring (bicyclic) bond motifs is 1. The number of hydrogen-bond donors (Lipinski definition) is 2. The monoisotopic (exact) mass is 304 g/mol. The van der Waals surface area contributed by atoms with Crippen LogP contribution in [0.15, 0.2) is 24.3 Å². The lowest BCUT2D eigenvalue weighted by Gasteiger charge is -2.31. The quantitative estimate of drug-likeness (QED) is 0.902. The number of hydrogen-bond acceptors (Lipinski definition) is 3. The molecule has 0 radical (unpaired) electrons. The lowest BCUT2D eigenvalue weighted by Crippen LogP contribution is -2.45. The predicted octanol–water partition coefficient (Wildman–Crippen LogP) is 3.06. The molecule has 3 nitrogen and oxygen atoms in total. The number of para-hydroxylation sites is 1. The van der Waals surface area contributed by atoms with Crippen LogP contribution in [0.3, 0.4) is 0 Å². The molecule has 4 heteroatoms. The zero-order valence-electron chi connectivity index (χ0n) is 12.6. The van der Waals surface area contributed by atoms with E-state index in [9.17, 15) is 4.79 Å². The number of thioether (sulfide) groups is 1. The van der Waals surface area contributed by atoms with Gasteiger partial charge in [-0.05, 0) is 43.6 Å². The maximum Gasteiger partial charge on any atom is 0.225 e. The maximum atomic E-state index is 12.5. The summed E-state index contributed by atoms with van der Waals surface area (Å²) < 4.78 is 0. The summed E-state index contributed by atoms with van der Waals surface area (Å²) in [5.74, 6) is 0.290. The van der Waals surface area contributed by atoms with Gasteiger partial charge in [-0.3, -0.25) is 4.79 Å². The van der Waals surface area contributed by atoms with Gasteiger partial charge in [0.05, 0.1) is 5.92 Å². The second kappa shape index (κ2) is 6.73. The topological polar surface area (TPSA) is 41.1 Å². The molecule has 2 aliphatic rings. The zero-order chi connectivity index (χ0) is 14.7. The summed E-state index contributed by atoms with van der Waals surface area (Å²) in [4.78, 5) is 12.5. The molecule has 1 aromatic carbocycles. The SMILES string of the molecule is CSC1CCCC(NC(=O)C2CNc3ccccc3C2)C1. The van der Waals surface area contributed by atoms with Gasteiger partial charge in [-0.2, -0.15) is 11.8 Å². The fraction of sp³-hybridized carbons (Fsp3) is 0.588. The van der Waals surface area contributed by atoms with Crippen LogP contribution in [0.1, 0.15) is 31.2 Å². The molecule has 2 N–H and O–H groups in total. The normalized spacial score (nSPS) is 28.3. The summed E-state index contributed by atoms with van der Waals surface area (Å²) in [5, 5.41) is 7.39. The van der Waals surface area contributed by atoms with Crippen molar-refractivity contribution in [2.45, 2.75) is 43.4 Å². The molecule has 0 saturated heterocycles. The lowest BCUT2D eigenvalue weighted by molar-refractivity contribution is -0.125. The van der Waals surface area contributed by atoms with Gasteiger partial charge in [0.1, 0.15) is 0 Å². The first kappa shape index (κ1) is 14.8. The van der Waals surface area contributed by atoms with Gasteiger partial charge < -0.3 is 10.6 Å². The Labute approximate surface area is 131 Å². The van der Waals surface area contributed by atoms with E-state index in [1.165, 1.54) is 24.1 Å². The van der Waals surface area contributed by atoms with Crippen LogP contribution in [0.25, 0.3) is 0 Å². The van der Waals surface area contributed by atoms with Gasteiger partial charge in [-0.1, -0.05) is 24.6 Å². The van der Waals surface area contributed by atoms with Crippen LogP contribution in [0, 0.1) is 5.92 Å². The minimum absolute atomic E-state index is 0.0644. The van der Waals surface area contributed by atoms with Gasteiger partial charge >= 0.3 is 0 Å². The number of rotatable bonds is 3. The highest BCUT2D eigenvalue weighted by atomic mass is 32.2. The molecular formula is C17H24N2OS. The zero-order valence-corrected chi connectivity index (χ0v) is 13.4. The molecule has 1 aliphatic heterocycles. The van der Waals surface area contributed by atoms with Crippen molar-refractivity contribution < 1.29 is 4.79 Å². The van der Waals surface area contributed by atoms with Crippen molar-refractivity contribution in [1.29, 1.82) is 0 Å². The van der Waals surface area contributed by atoms with E-state index in [1.807, 2.05) is 23.9 Å². The Bertz CT molecular complexity index is 505. The molecule has 0 bridgehead atoms. The number of anilines is 1. The average molecular weight is 304 g/mol. The molecular weight excluding hydrogens is 280 g/mol. The molecule has 0 spiro atoms. The third kappa shape index (κ3) is 3.54. The van der Waals surface area contributed by atoms with Gasteiger partial charge in [-0.25, -0.2) is 0 Å². The highest BCUT2D eigenvalue weighted by Crippen LogP contribution is 2.28. The Balaban J connectivity index is 1.57. The molecule has 1 aliphatic carbocycles. The summed E-state index contributed by atoms with van der Waals surface area (Å²) in [6, 6.07) is 8.67. The van der Waals surface area contributed by atoms with E-state index >= 15 is 0 Å². The predicted molar refractivity (Wildman–Crippen MR) is 89.8 cm³/mol. The van der Waals surface area contributed by atoms with E-state index in [0.29, 0.717) is 11.3 Å². The molecule has 1 aromatic rings. The fourth-order valence-corrected chi connectivity index (χ4v) is 4.26. The van der Waals surface area contributed by atoms with Crippen LogP contribution in [-0.4, -0.2) is 30.0 Å². The van der Waals surface area contributed by atoms with Gasteiger partial charge in [0.25, 0.3) is 0 Å². The second-order valence-electron chi connectivity index (χ2n) is 6.17. The van der Waals surface area contributed by atoms with Crippen molar-refractivity contribution >= 4 is 23.4 Å². The number of amides is 1. The number of benzene rings is 1. The molecule has 1 fully saturated rings. The third-order valence-electron chi connectivity index (χ3n) is 4.70. The first-order valence-electron chi connectivity index (χ1n) is 7.91. The van der Waals surface area contributed by atoms with Crippen molar-refractivity contribution in [3.8, 4) is 0 Å². The van der Waals surface area contributed by atoms with Crippen LogP contribution in [0.2, 0.25) is 0 Å². The smallest absolute Gasteiger partial charge is 0.225 e. The minimum atomic E-state index is 0.0644. The molecule has 0 aromatic heterocycles. The Morgan fingerprint density at radius 2 is 2.19 bits per heavy atom. The molecule has 1 heterocycles. The fourth-order valence-electron chi connectivity index (χ4n) is 3.44. The van der Waals surface area contributed by atoms with E-state index in [4.69, 9.17) is 0 Å². The molecule has 1 amide bonds. The Kier molecular flexibility index (Phi) is 4.73. The highest BCUT2D eigenvalue weighted by molar-refractivity contribution is 7.99. The van der Waals surface area contributed by atoms with Crippen molar-refractivity contribution in [2.24, 2.45) is 5.92 Å². The van der Waals surface area contributed by atoms with E-state index < -0.39 is 0 Å². The largest absolute Gasteiger partial charge is 0.384 e. The number of nitrogens with one attached hydrogen (secondary N) is 2. The Morgan fingerprint density at radius 3 is 3.05 bits per heavy atom. The van der Waals surface area contributed by atoms with Crippen molar-refractivity contribution in [3.63, 3.8) is 0 Å². The van der Waals surface area contributed by atoms with E-state index in [-0.39, 0.29) is 11.8 Å². The standard InChI is InChI=1S/C17H24N2OS/c1-21-15-7-4-6-14(10-15)19-17(20)13-9-12-5-2-3-8-16(12)18-11-13/h2-3,5,8,13-15,18H,4,6-7,9-11H2,1H3,(H,19,20). The minimum Gasteiger partial charge on any atom is -0.384 e. The van der Waals surface area contributed by atoms with Crippen molar-refractivity contribution in [1.82, 2.24) is 5.32 Å². The van der Waals surface area contributed by atoms with Gasteiger partial charge in [0.15, 0.2) is 0 Å². The van der Waals surface area contributed by atoms with Crippen molar-refractivity contribution in [2.75, 3.05) is 18.1 Å². The molecule has 3 rings (SSSR count). The van der Waals surface area contributed by atoms with Crippen LogP contribution >= 0.6 is 11.8 Å². The highest BCUT2D eigenvalue weighted by Gasteiger charge is 2.28.